The number of esters is 2. The second kappa shape index (κ2) is 26.4. The van der Waals surface area contributed by atoms with Gasteiger partial charge in [0.25, 0.3) is 5.56 Å². The Morgan fingerprint density at radius 1 is 0.705 bits per heavy atom. The van der Waals surface area contributed by atoms with Gasteiger partial charge in [0.1, 0.15) is 36.5 Å². The number of unbranched alkanes of at least 4 members (excludes halogenated alkanes) is 18. The summed E-state index contributed by atoms with van der Waals surface area (Å²) < 4.78 is 31.5. The molecule has 4 aromatic rings. The van der Waals surface area contributed by atoms with Gasteiger partial charge in [0.2, 0.25) is 5.95 Å². The van der Waals surface area contributed by atoms with Crippen molar-refractivity contribution >= 4 is 29.1 Å². The summed E-state index contributed by atoms with van der Waals surface area (Å²) in [7, 11) is 0. The smallest absolute Gasteiger partial charge is 0.338 e. The van der Waals surface area contributed by atoms with E-state index in [1.165, 1.54) is 109 Å². The quantitative estimate of drug-likeness (QED) is 0.0378. The lowest BCUT2D eigenvalue weighted by Gasteiger charge is -2.19. The van der Waals surface area contributed by atoms with Crippen LogP contribution in [-0.4, -0.2) is 63.5 Å². The van der Waals surface area contributed by atoms with Crippen LogP contribution in [0, 0.1) is 0 Å². The van der Waals surface area contributed by atoms with Crippen molar-refractivity contribution < 1.29 is 33.3 Å². The second-order valence-electron chi connectivity index (χ2n) is 16.3. The van der Waals surface area contributed by atoms with Gasteiger partial charge in [-0.3, -0.25) is 14.3 Å². The lowest BCUT2D eigenvalue weighted by molar-refractivity contribution is -0.0563. The number of anilines is 1. The average molecular weight is 844 g/mol. The number of nitrogen functional groups attached to an aromatic ring is 1. The van der Waals surface area contributed by atoms with Crippen LogP contribution in [0.15, 0.2) is 59.7 Å². The third kappa shape index (κ3) is 15.8. The first-order chi connectivity index (χ1) is 29.9. The van der Waals surface area contributed by atoms with E-state index in [-0.39, 0.29) is 30.1 Å². The number of nitrogens with zero attached hydrogens (tertiary/aromatic N) is 3. The predicted molar refractivity (Wildman–Crippen MR) is 238 cm³/mol. The molecule has 1 fully saturated rings. The number of H-pyrrole nitrogens is 1. The molecule has 13 nitrogen and oxygen atoms in total. The van der Waals surface area contributed by atoms with Crippen molar-refractivity contribution in [3.8, 4) is 11.5 Å². The van der Waals surface area contributed by atoms with Gasteiger partial charge in [-0.15, -0.1) is 0 Å². The zero-order chi connectivity index (χ0) is 43.1. The average Bonchev–Trinajstić information content (AvgIpc) is 3.88. The molecule has 61 heavy (non-hydrogen) atoms. The minimum Gasteiger partial charge on any atom is -0.494 e. The van der Waals surface area contributed by atoms with Crippen LogP contribution in [0.4, 0.5) is 5.95 Å². The van der Waals surface area contributed by atoms with E-state index in [1.54, 1.807) is 53.1 Å². The molecule has 0 amide bonds. The maximum Gasteiger partial charge on any atom is 0.338 e. The summed E-state index contributed by atoms with van der Waals surface area (Å²) in [5.41, 5.74) is 6.35. The number of hydrogen-bond donors (Lipinski definition) is 2. The van der Waals surface area contributed by atoms with Crippen LogP contribution >= 0.6 is 0 Å². The van der Waals surface area contributed by atoms with E-state index in [9.17, 15) is 14.4 Å². The van der Waals surface area contributed by atoms with E-state index in [4.69, 9.17) is 29.4 Å². The second-order valence-corrected chi connectivity index (χ2v) is 16.3. The number of carbonyl (C=O) groups excluding carboxylic acids is 2. The summed E-state index contributed by atoms with van der Waals surface area (Å²) in [6.07, 6.45) is 24.4. The van der Waals surface area contributed by atoms with Crippen molar-refractivity contribution in [2.45, 2.75) is 167 Å². The molecule has 334 valence electrons. The van der Waals surface area contributed by atoms with Crippen molar-refractivity contribution in [1.29, 1.82) is 0 Å². The Labute approximate surface area is 361 Å². The topological polar surface area (TPSA) is 170 Å². The fourth-order valence-corrected chi connectivity index (χ4v) is 7.68. The molecule has 2 aromatic heterocycles. The number of rotatable bonds is 30. The maximum atomic E-state index is 13.5. The molecule has 0 saturated carbocycles. The molecule has 1 aliphatic rings. The van der Waals surface area contributed by atoms with Crippen molar-refractivity contribution in [1.82, 2.24) is 19.5 Å². The van der Waals surface area contributed by atoms with E-state index in [0.717, 1.165) is 25.7 Å². The number of aromatic amines is 1. The number of imidazole rings is 1. The molecule has 0 unspecified atom stereocenters. The van der Waals surface area contributed by atoms with Crippen molar-refractivity contribution in [2.75, 3.05) is 25.6 Å². The first-order valence-electron chi connectivity index (χ1n) is 23.1. The molecule has 5 rings (SSSR count). The highest BCUT2D eigenvalue weighted by Crippen LogP contribution is 2.33. The lowest BCUT2D eigenvalue weighted by Crippen LogP contribution is -2.32. The van der Waals surface area contributed by atoms with Gasteiger partial charge in [-0.25, -0.2) is 14.6 Å². The highest BCUT2D eigenvalue weighted by Gasteiger charge is 2.41. The summed E-state index contributed by atoms with van der Waals surface area (Å²) in [4.78, 5) is 50.0. The number of nitrogens with two attached hydrogens (primary N) is 1. The number of nitrogens with one attached hydrogen (secondary N) is 1. The van der Waals surface area contributed by atoms with E-state index in [1.807, 2.05) is 0 Å². The van der Waals surface area contributed by atoms with Crippen LogP contribution in [0.3, 0.4) is 0 Å². The first kappa shape index (κ1) is 47.1. The Kier molecular flexibility index (Phi) is 20.4. The molecule has 1 aliphatic heterocycles. The Bertz CT molecular complexity index is 1930. The van der Waals surface area contributed by atoms with Crippen molar-refractivity contribution in [3.05, 3.63) is 76.3 Å². The van der Waals surface area contributed by atoms with Crippen molar-refractivity contribution in [2.24, 2.45) is 0 Å². The first-order valence-corrected chi connectivity index (χ1v) is 23.1. The minimum atomic E-state index is -0.831. The van der Waals surface area contributed by atoms with Crippen LogP contribution in [0.25, 0.3) is 11.2 Å². The Hall–Kier alpha value is -4.91. The Morgan fingerprint density at radius 2 is 1.18 bits per heavy atom. The zero-order valence-corrected chi connectivity index (χ0v) is 36.6. The van der Waals surface area contributed by atoms with Crippen LogP contribution in [0.2, 0.25) is 0 Å². The van der Waals surface area contributed by atoms with Crippen molar-refractivity contribution in [3.63, 3.8) is 0 Å². The number of benzene rings is 2. The van der Waals surface area contributed by atoms with Crippen LogP contribution in [0.5, 0.6) is 11.5 Å². The largest absolute Gasteiger partial charge is 0.494 e. The molecule has 13 heteroatoms. The molecule has 3 atom stereocenters. The third-order valence-corrected chi connectivity index (χ3v) is 11.3. The number of fused-ring (bicyclic) bond motifs is 1. The number of hydrogen-bond acceptors (Lipinski definition) is 11. The summed E-state index contributed by atoms with van der Waals surface area (Å²) in [6, 6.07) is 13.7. The van der Waals surface area contributed by atoms with Gasteiger partial charge < -0.3 is 29.4 Å². The van der Waals surface area contributed by atoms with Gasteiger partial charge in [0, 0.05) is 6.42 Å². The number of carbonyl (C=O) groups is 2. The van der Waals surface area contributed by atoms with Crippen LogP contribution in [0.1, 0.15) is 176 Å². The van der Waals surface area contributed by atoms with Crippen LogP contribution < -0.4 is 20.8 Å². The minimum absolute atomic E-state index is 0.0724. The van der Waals surface area contributed by atoms with Gasteiger partial charge in [0.05, 0.1) is 30.7 Å². The van der Waals surface area contributed by atoms with Gasteiger partial charge in [-0.05, 0) is 61.4 Å². The molecule has 0 radical (unpaired) electrons. The molecular weight excluding hydrogens is 775 g/mol. The molecular formula is C48H69N5O8. The normalized spacial score (nSPS) is 16.2. The summed E-state index contributed by atoms with van der Waals surface area (Å²) in [6.45, 7) is 5.54. The summed E-state index contributed by atoms with van der Waals surface area (Å²) in [5, 5.41) is 0. The molecule has 2 aromatic carbocycles. The molecule has 3 N–H and O–H groups in total. The van der Waals surface area contributed by atoms with E-state index >= 15 is 0 Å². The van der Waals surface area contributed by atoms with Gasteiger partial charge in [-0.1, -0.05) is 129 Å². The fourth-order valence-electron chi connectivity index (χ4n) is 7.68. The highest BCUT2D eigenvalue weighted by atomic mass is 16.6. The van der Waals surface area contributed by atoms with Gasteiger partial charge in [-0.2, -0.15) is 4.98 Å². The molecule has 1 saturated heterocycles. The number of ether oxygens (including phenoxy) is 5. The molecule has 0 aliphatic carbocycles. The summed E-state index contributed by atoms with van der Waals surface area (Å²) in [5.74, 6) is 0.187. The standard InChI is InChI=1S/C48H69N5O8/c1-3-5-7-9-11-13-15-17-19-21-31-57-38-27-23-36(24-28-38)46(55)59-34-41-40(33-42(60-41)53-35-50-43-44(53)51-48(49)52-45(43)54)61-47(56)37-25-29-39(30-26-37)58-32-22-20-18-16-14-12-10-8-6-4-2/h23-30,35,40-42H,3-22,31-34H2,1-2H3,(H3,49,51,52,54)/t40-,41+,42+/m0/s1. The van der Waals surface area contributed by atoms with E-state index in [2.05, 4.69) is 28.8 Å². The van der Waals surface area contributed by atoms with E-state index in [0.29, 0.717) is 35.8 Å². The molecule has 3 heterocycles. The lowest BCUT2D eigenvalue weighted by atomic mass is 10.1. The predicted octanol–water partition coefficient (Wildman–Crippen LogP) is 10.7. The molecule has 0 spiro atoms. The third-order valence-electron chi connectivity index (χ3n) is 11.3. The number of aromatic nitrogens is 4. The Morgan fingerprint density at radius 3 is 1.69 bits per heavy atom. The molecule has 0 bridgehead atoms. The van der Waals surface area contributed by atoms with E-state index < -0.39 is 35.9 Å². The van der Waals surface area contributed by atoms with Crippen LogP contribution in [-0.2, 0) is 14.2 Å². The zero-order valence-electron chi connectivity index (χ0n) is 36.6. The fraction of sp³-hybridized carbons (Fsp3) is 0.604. The monoisotopic (exact) mass is 844 g/mol. The maximum absolute atomic E-state index is 13.5. The van der Waals surface area contributed by atoms with Gasteiger partial charge >= 0.3 is 11.9 Å². The summed E-state index contributed by atoms with van der Waals surface area (Å²) >= 11 is 0. The SMILES string of the molecule is CCCCCCCCCCCCOc1ccc(C(=O)OC[C@H]2O[C@@H](n3cnc4c(=O)[nH]c(N)nc43)C[C@@H]2OC(=O)c2ccc(OCCCCCCCCCCCC)cc2)cc1. The Balaban J connectivity index is 1.09. The van der Waals surface area contributed by atoms with Gasteiger partial charge in [0.15, 0.2) is 11.2 Å². The highest BCUT2D eigenvalue weighted by molar-refractivity contribution is 5.90.